The first-order valence-electron chi connectivity index (χ1n) is 7.02. The lowest BCUT2D eigenvalue weighted by Crippen LogP contribution is -2.19. The molecule has 1 unspecified atom stereocenters. The predicted molar refractivity (Wildman–Crippen MR) is 83.3 cm³/mol. The van der Waals surface area contributed by atoms with Gasteiger partial charge in [-0.15, -0.1) is 6.58 Å². The van der Waals surface area contributed by atoms with Gasteiger partial charge in [-0.2, -0.15) is 5.10 Å². The van der Waals surface area contributed by atoms with Crippen molar-refractivity contribution in [2.45, 2.75) is 25.8 Å². The minimum atomic E-state index is 0.430. The normalized spacial score (nSPS) is 12.9. The number of fused-ring (bicyclic) bond motifs is 1. The maximum Gasteiger partial charge on any atom is 0.260 e. The molecule has 0 aromatic carbocycles. The minimum absolute atomic E-state index is 0.430. The second kappa shape index (κ2) is 7.54. The van der Waals surface area contributed by atoms with Crippen LogP contribution in [0.15, 0.2) is 31.3 Å². The molecule has 21 heavy (non-hydrogen) atoms. The molecule has 2 heterocycles. The average molecular weight is 287 g/mol. The fourth-order valence-corrected chi connectivity index (χ4v) is 1.75. The zero-order valence-corrected chi connectivity index (χ0v) is 12.5. The minimum Gasteiger partial charge on any atom is -0.475 e. The van der Waals surface area contributed by atoms with Crippen LogP contribution in [0.2, 0.25) is 0 Å². The Morgan fingerprint density at radius 2 is 2.38 bits per heavy atom. The molecule has 0 radical (unpaired) electrons. The summed E-state index contributed by atoms with van der Waals surface area (Å²) >= 11 is 0. The van der Waals surface area contributed by atoms with Crippen molar-refractivity contribution >= 4 is 11.7 Å². The first-order valence-corrected chi connectivity index (χ1v) is 7.02. The first-order chi connectivity index (χ1) is 10.2. The van der Waals surface area contributed by atoms with E-state index in [1.165, 1.54) is 6.33 Å². The van der Waals surface area contributed by atoms with Gasteiger partial charge in [0.2, 0.25) is 5.65 Å². The van der Waals surface area contributed by atoms with Crippen molar-refractivity contribution in [2.75, 3.05) is 13.7 Å². The second-order valence-electron chi connectivity index (χ2n) is 4.75. The van der Waals surface area contributed by atoms with E-state index >= 15 is 0 Å². The molecule has 2 rings (SSSR count). The van der Waals surface area contributed by atoms with E-state index in [0.29, 0.717) is 24.2 Å². The Kier molecular flexibility index (Phi) is 5.45. The standard InChI is InChI=1S/C15H21N5O/c1-4-5-9-21-15-14-17-11-18-20(14)10-13(19-15)8-6-7-12(2)16-3/h4,6,8,10-12,16H,1,5,7,9H2,2-3H3/b8-6+. The van der Waals surface area contributed by atoms with Gasteiger partial charge in [-0.25, -0.2) is 14.5 Å². The Morgan fingerprint density at radius 1 is 1.52 bits per heavy atom. The number of aromatic nitrogens is 4. The van der Waals surface area contributed by atoms with Crippen LogP contribution in [-0.4, -0.2) is 39.3 Å². The summed E-state index contributed by atoms with van der Waals surface area (Å²) in [5.74, 6) is 0.498. The Balaban J connectivity index is 2.18. The molecule has 6 nitrogen and oxygen atoms in total. The number of nitrogens with one attached hydrogen (secondary N) is 1. The fourth-order valence-electron chi connectivity index (χ4n) is 1.75. The van der Waals surface area contributed by atoms with Crippen molar-refractivity contribution in [3.8, 4) is 5.88 Å². The molecule has 1 N–H and O–H groups in total. The number of hydrogen-bond donors (Lipinski definition) is 1. The summed E-state index contributed by atoms with van der Waals surface area (Å²) in [6.45, 7) is 6.33. The average Bonchev–Trinajstić information content (AvgIpc) is 2.95. The Labute approximate surface area is 124 Å². The topological polar surface area (TPSA) is 64.3 Å². The van der Waals surface area contributed by atoms with Crippen LogP contribution in [-0.2, 0) is 0 Å². The Morgan fingerprint density at radius 3 is 3.14 bits per heavy atom. The zero-order chi connectivity index (χ0) is 15.1. The van der Waals surface area contributed by atoms with E-state index in [-0.39, 0.29) is 0 Å². The summed E-state index contributed by atoms with van der Waals surface area (Å²) in [6, 6.07) is 0.430. The lowest BCUT2D eigenvalue weighted by molar-refractivity contribution is 0.314. The van der Waals surface area contributed by atoms with Gasteiger partial charge in [0.15, 0.2) is 0 Å². The first kappa shape index (κ1) is 15.2. The van der Waals surface area contributed by atoms with E-state index < -0.39 is 0 Å². The van der Waals surface area contributed by atoms with Crippen molar-refractivity contribution in [3.05, 3.63) is 36.9 Å². The molecule has 0 saturated heterocycles. The molecule has 0 spiro atoms. The van der Waals surface area contributed by atoms with Crippen molar-refractivity contribution in [3.63, 3.8) is 0 Å². The molecule has 0 aliphatic rings. The van der Waals surface area contributed by atoms with Crippen LogP contribution in [0.5, 0.6) is 5.88 Å². The molecule has 0 amide bonds. The third-order valence-corrected chi connectivity index (χ3v) is 3.08. The van der Waals surface area contributed by atoms with Gasteiger partial charge >= 0.3 is 0 Å². The number of nitrogens with zero attached hydrogens (tertiary/aromatic N) is 4. The zero-order valence-electron chi connectivity index (χ0n) is 12.5. The third kappa shape index (κ3) is 4.13. The number of hydrogen-bond acceptors (Lipinski definition) is 5. The van der Waals surface area contributed by atoms with E-state index in [2.05, 4.69) is 40.0 Å². The van der Waals surface area contributed by atoms with Crippen LogP contribution >= 0.6 is 0 Å². The molecule has 0 aliphatic carbocycles. The van der Waals surface area contributed by atoms with Crippen molar-refractivity contribution < 1.29 is 4.74 Å². The molecule has 112 valence electrons. The van der Waals surface area contributed by atoms with Crippen molar-refractivity contribution in [1.29, 1.82) is 0 Å². The fraction of sp³-hybridized carbons (Fsp3) is 0.400. The lowest BCUT2D eigenvalue weighted by Gasteiger charge is -2.07. The maximum absolute atomic E-state index is 5.66. The molecule has 0 bridgehead atoms. The monoisotopic (exact) mass is 287 g/mol. The van der Waals surface area contributed by atoms with Crippen LogP contribution in [0.3, 0.4) is 0 Å². The van der Waals surface area contributed by atoms with Gasteiger partial charge in [-0.1, -0.05) is 12.2 Å². The summed E-state index contributed by atoms with van der Waals surface area (Å²) in [7, 11) is 1.95. The molecular weight excluding hydrogens is 266 g/mol. The summed E-state index contributed by atoms with van der Waals surface area (Å²) in [5, 5.41) is 7.34. The van der Waals surface area contributed by atoms with Gasteiger partial charge in [0.05, 0.1) is 18.5 Å². The van der Waals surface area contributed by atoms with Gasteiger partial charge in [0, 0.05) is 6.04 Å². The van der Waals surface area contributed by atoms with E-state index in [0.717, 1.165) is 18.5 Å². The number of ether oxygens (including phenoxy) is 1. The molecule has 2 aromatic heterocycles. The molecule has 0 aliphatic heterocycles. The van der Waals surface area contributed by atoms with Gasteiger partial charge in [-0.3, -0.25) is 0 Å². The van der Waals surface area contributed by atoms with Crippen LogP contribution < -0.4 is 10.1 Å². The summed E-state index contributed by atoms with van der Waals surface area (Å²) in [4.78, 5) is 8.65. The quantitative estimate of drug-likeness (QED) is 0.595. The third-order valence-electron chi connectivity index (χ3n) is 3.08. The van der Waals surface area contributed by atoms with Crippen LogP contribution in [0.4, 0.5) is 0 Å². The second-order valence-corrected chi connectivity index (χ2v) is 4.75. The van der Waals surface area contributed by atoms with Crippen molar-refractivity contribution in [2.24, 2.45) is 0 Å². The molecule has 0 saturated carbocycles. The van der Waals surface area contributed by atoms with Gasteiger partial charge in [-0.05, 0) is 32.9 Å². The van der Waals surface area contributed by atoms with E-state index in [4.69, 9.17) is 4.74 Å². The van der Waals surface area contributed by atoms with Gasteiger partial charge in [0.1, 0.15) is 6.33 Å². The predicted octanol–water partition coefficient (Wildman–Crippen LogP) is 2.09. The maximum atomic E-state index is 5.66. The van der Waals surface area contributed by atoms with Gasteiger partial charge < -0.3 is 10.1 Å². The summed E-state index contributed by atoms with van der Waals surface area (Å²) in [6.07, 6.45) is 10.9. The van der Waals surface area contributed by atoms with Gasteiger partial charge in [0.25, 0.3) is 5.88 Å². The number of rotatable bonds is 8. The molecule has 2 aromatic rings. The molecule has 1 atom stereocenters. The van der Waals surface area contributed by atoms with Crippen LogP contribution in [0.25, 0.3) is 11.7 Å². The smallest absolute Gasteiger partial charge is 0.260 e. The molecular formula is C15H21N5O. The molecule has 0 fully saturated rings. The van der Waals surface area contributed by atoms with E-state index in [1.807, 2.05) is 25.4 Å². The highest BCUT2D eigenvalue weighted by Crippen LogP contribution is 2.16. The molecule has 6 heteroatoms. The van der Waals surface area contributed by atoms with E-state index in [9.17, 15) is 0 Å². The Hall–Kier alpha value is -2.21. The SMILES string of the molecule is C=CCCOc1nc(/C=C/CC(C)NC)cn2ncnc12. The highest BCUT2D eigenvalue weighted by Gasteiger charge is 2.08. The summed E-state index contributed by atoms with van der Waals surface area (Å²) < 4.78 is 7.33. The highest BCUT2D eigenvalue weighted by atomic mass is 16.5. The summed E-state index contributed by atoms with van der Waals surface area (Å²) in [5.41, 5.74) is 1.42. The van der Waals surface area contributed by atoms with Crippen LogP contribution in [0.1, 0.15) is 25.5 Å². The van der Waals surface area contributed by atoms with E-state index in [1.54, 1.807) is 4.52 Å². The highest BCUT2D eigenvalue weighted by molar-refractivity contribution is 5.53. The van der Waals surface area contributed by atoms with Crippen LogP contribution in [0, 0.1) is 0 Å². The van der Waals surface area contributed by atoms with Crippen molar-refractivity contribution in [1.82, 2.24) is 24.9 Å². The Bertz CT molecular complexity index is 620. The lowest BCUT2D eigenvalue weighted by atomic mass is 10.2. The largest absolute Gasteiger partial charge is 0.475 e.